The summed E-state index contributed by atoms with van der Waals surface area (Å²) in [4.78, 5) is 23.9. The first kappa shape index (κ1) is 22.2. The summed E-state index contributed by atoms with van der Waals surface area (Å²) in [5.41, 5.74) is -1.01. The van der Waals surface area contributed by atoms with Gasteiger partial charge in [-0.05, 0) is 36.4 Å². The zero-order chi connectivity index (χ0) is 21.8. The molecular weight excluding hydrogens is 413 g/mol. The minimum absolute atomic E-state index is 0.156. The number of methoxy groups -OCH3 is 1. The molecule has 2 aromatic rings. The fraction of sp³-hybridized carbons (Fsp3) is 0.222. The van der Waals surface area contributed by atoms with Crippen LogP contribution in [0.1, 0.15) is 15.9 Å². The van der Waals surface area contributed by atoms with Crippen molar-refractivity contribution in [2.45, 2.75) is 6.18 Å². The van der Waals surface area contributed by atoms with Crippen molar-refractivity contribution in [1.82, 2.24) is 0 Å². The van der Waals surface area contributed by atoms with Gasteiger partial charge in [-0.15, -0.1) is 0 Å². The van der Waals surface area contributed by atoms with Crippen molar-refractivity contribution in [2.75, 3.05) is 29.5 Å². The third kappa shape index (κ3) is 5.95. The van der Waals surface area contributed by atoms with Crippen molar-refractivity contribution in [3.63, 3.8) is 0 Å². The number of hydrogen-bond acceptors (Lipinski definition) is 5. The highest BCUT2D eigenvalue weighted by Crippen LogP contribution is 2.32. The van der Waals surface area contributed by atoms with E-state index in [1.807, 2.05) is 0 Å². The van der Waals surface area contributed by atoms with Crippen molar-refractivity contribution < 1.29 is 35.9 Å². The van der Waals surface area contributed by atoms with E-state index in [1.165, 1.54) is 31.4 Å². The topological polar surface area (TPSA) is 92.8 Å². The molecule has 0 heterocycles. The number of ether oxygens (including phenoxy) is 1. The van der Waals surface area contributed by atoms with Gasteiger partial charge in [-0.1, -0.05) is 12.1 Å². The van der Waals surface area contributed by atoms with Gasteiger partial charge in [0.2, 0.25) is 15.9 Å². The molecule has 0 aliphatic rings. The Morgan fingerprint density at radius 1 is 1.10 bits per heavy atom. The molecule has 0 saturated carbocycles. The molecule has 0 unspecified atom stereocenters. The summed E-state index contributed by atoms with van der Waals surface area (Å²) in [5.74, 6) is -1.45. The predicted molar refractivity (Wildman–Crippen MR) is 100 cm³/mol. The molecule has 0 atom stereocenters. The van der Waals surface area contributed by atoms with Gasteiger partial charge in [0.15, 0.2) is 0 Å². The van der Waals surface area contributed by atoms with Crippen molar-refractivity contribution in [2.24, 2.45) is 0 Å². The molecule has 2 aromatic carbocycles. The Morgan fingerprint density at radius 2 is 1.76 bits per heavy atom. The van der Waals surface area contributed by atoms with Gasteiger partial charge in [0.05, 0.1) is 30.2 Å². The van der Waals surface area contributed by atoms with E-state index < -0.39 is 40.2 Å². The van der Waals surface area contributed by atoms with E-state index in [4.69, 9.17) is 0 Å². The standard InChI is InChI=1S/C18H17F3N2O5S/c1-28-17(25)12-5-3-7-14(9-12)22-16(24)11-23(29(2,26)27)15-8-4-6-13(10-15)18(19,20)21/h3-10H,11H2,1-2H3,(H,22,24). The fourth-order valence-electron chi connectivity index (χ4n) is 2.41. The highest BCUT2D eigenvalue weighted by atomic mass is 32.2. The smallest absolute Gasteiger partial charge is 0.416 e. The Hall–Kier alpha value is -3.08. The molecule has 11 heteroatoms. The Kier molecular flexibility index (Phi) is 6.52. The molecule has 0 fully saturated rings. The number of rotatable bonds is 6. The number of halogens is 3. The Bertz CT molecular complexity index is 1020. The number of carbonyl (C=O) groups excluding carboxylic acids is 2. The molecule has 7 nitrogen and oxygen atoms in total. The van der Waals surface area contributed by atoms with E-state index in [2.05, 4.69) is 10.1 Å². The van der Waals surface area contributed by atoms with Gasteiger partial charge in [0.25, 0.3) is 0 Å². The van der Waals surface area contributed by atoms with Gasteiger partial charge in [-0.3, -0.25) is 9.10 Å². The van der Waals surface area contributed by atoms with Crippen molar-refractivity contribution in [1.29, 1.82) is 0 Å². The Labute approximate surface area is 165 Å². The first-order chi connectivity index (χ1) is 13.4. The summed E-state index contributed by atoms with van der Waals surface area (Å²) in [6, 6.07) is 9.35. The maximum Gasteiger partial charge on any atom is 0.416 e. The lowest BCUT2D eigenvalue weighted by Crippen LogP contribution is -2.37. The summed E-state index contributed by atoms with van der Waals surface area (Å²) in [5, 5.41) is 2.40. The number of carbonyl (C=O) groups is 2. The fourth-order valence-corrected chi connectivity index (χ4v) is 3.26. The number of hydrogen-bond donors (Lipinski definition) is 1. The summed E-state index contributed by atoms with van der Waals surface area (Å²) < 4.78 is 68.0. The third-order valence-electron chi connectivity index (χ3n) is 3.72. The molecule has 1 N–H and O–H groups in total. The van der Waals surface area contributed by atoms with Crippen LogP contribution >= 0.6 is 0 Å². The van der Waals surface area contributed by atoms with Crippen LogP contribution in [0.15, 0.2) is 48.5 Å². The lowest BCUT2D eigenvalue weighted by atomic mass is 10.2. The van der Waals surface area contributed by atoms with E-state index >= 15 is 0 Å². The lowest BCUT2D eigenvalue weighted by Gasteiger charge is -2.23. The van der Waals surface area contributed by atoms with Gasteiger partial charge >= 0.3 is 12.1 Å². The maximum absolute atomic E-state index is 12.9. The second kappa shape index (κ2) is 8.52. The summed E-state index contributed by atoms with van der Waals surface area (Å²) in [7, 11) is -2.87. The highest BCUT2D eigenvalue weighted by Gasteiger charge is 2.32. The second-order valence-electron chi connectivity index (χ2n) is 5.94. The molecule has 0 spiro atoms. The predicted octanol–water partition coefficient (Wildman–Crippen LogP) is 2.90. The van der Waals surface area contributed by atoms with Crippen molar-refractivity contribution in [3.05, 3.63) is 59.7 Å². The zero-order valence-electron chi connectivity index (χ0n) is 15.4. The van der Waals surface area contributed by atoms with Crippen LogP contribution in [0.4, 0.5) is 24.5 Å². The van der Waals surface area contributed by atoms with Gasteiger partial charge in [0, 0.05) is 5.69 Å². The van der Waals surface area contributed by atoms with Crippen LogP contribution in [-0.2, 0) is 25.7 Å². The SMILES string of the molecule is COC(=O)c1cccc(NC(=O)CN(c2cccc(C(F)(F)F)c2)S(C)(=O)=O)c1. The summed E-state index contributed by atoms with van der Waals surface area (Å²) in [6.45, 7) is -0.761. The van der Waals surface area contributed by atoms with E-state index in [0.29, 0.717) is 10.4 Å². The third-order valence-corrected chi connectivity index (χ3v) is 4.86. The number of esters is 1. The quantitative estimate of drug-likeness (QED) is 0.712. The largest absolute Gasteiger partial charge is 0.465 e. The lowest BCUT2D eigenvalue weighted by molar-refractivity contribution is -0.137. The molecule has 0 bridgehead atoms. The molecule has 2 rings (SSSR count). The van der Waals surface area contributed by atoms with Crippen molar-refractivity contribution in [3.8, 4) is 0 Å². The zero-order valence-corrected chi connectivity index (χ0v) is 16.2. The van der Waals surface area contributed by atoms with Crippen LogP contribution in [0.2, 0.25) is 0 Å². The molecular formula is C18H17F3N2O5S. The molecule has 1 amide bonds. The van der Waals surface area contributed by atoms with Gasteiger partial charge in [0.1, 0.15) is 6.54 Å². The first-order valence-corrected chi connectivity index (χ1v) is 9.90. The van der Waals surface area contributed by atoms with E-state index in [-0.39, 0.29) is 16.9 Å². The maximum atomic E-state index is 12.9. The first-order valence-electron chi connectivity index (χ1n) is 8.05. The van der Waals surface area contributed by atoms with E-state index in [1.54, 1.807) is 0 Å². The number of sulfonamides is 1. The molecule has 29 heavy (non-hydrogen) atoms. The van der Waals surface area contributed by atoms with Gasteiger partial charge < -0.3 is 10.1 Å². The van der Waals surface area contributed by atoms with Crippen LogP contribution in [0.25, 0.3) is 0 Å². The van der Waals surface area contributed by atoms with Crippen LogP contribution in [0.5, 0.6) is 0 Å². The molecule has 0 aliphatic heterocycles. The average Bonchev–Trinajstić information content (AvgIpc) is 2.64. The Balaban J connectivity index is 2.26. The molecule has 156 valence electrons. The van der Waals surface area contributed by atoms with Gasteiger partial charge in [-0.2, -0.15) is 13.2 Å². The normalized spacial score (nSPS) is 11.6. The van der Waals surface area contributed by atoms with Crippen LogP contribution in [0.3, 0.4) is 0 Å². The number of anilines is 2. The van der Waals surface area contributed by atoms with E-state index in [0.717, 1.165) is 24.5 Å². The summed E-state index contributed by atoms with van der Waals surface area (Å²) in [6.07, 6.45) is -3.89. The van der Waals surface area contributed by atoms with Gasteiger partial charge in [-0.25, -0.2) is 13.2 Å². The molecule has 0 aromatic heterocycles. The monoisotopic (exact) mass is 430 g/mol. The summed E-state index contributed by atoms with van der Waals surface area (Å²) >= 11 is 0. The second-order valence-corrected chi connectivity index (χ2v) is 7.85. The molecule has 0 aliphatic carbocycles. The minimum atomic E-state index is -4.67. The van der Waals surface area contributed by atoms with Crippen LogP contribution < -0.4 is 9.62 Å². The average molecular weight is 430 g/mol. The van der Waals surface area contributed by atoms with Crippen LogP contribution in [0, 0.1) is 0 Å². The highest BCUT2D eigenvalue weighted by molar-refractivity contribution is 7.92. The van der Waals surface area contributed by atoms with E-state index in [9.17, 15) is 31.2 Å². The number of alkyl halides is 3. The minimum Gasteiger partial charge on any atom is -0.465 e. The number of amides is 1. The number of benzene rings is 2. The molecule has 0 radical (unpaired) electrons. The Morgan fingerprint density at radius 3 is 2.34 bits per heavy atom. The number of nitrogens with one attached hydrogen (secondary N) is 1. The van der Waals surface area contributed by atoms with Crippen LogP contribution in [-0.4, -0.2) is 40.2 Å². The van der Waals surface area contributed by atoms with Crippen molar-refractivity contribution >= 4 is 33.3 Å². The molecule has 0 saturated heterocycles. The number of nitrogens with zero attached hydrogens (tertiary/aromatic N) is 1.